The van der Waals surface area contributed by atoms with Gasteiger partial charge in [-0.1, -0.05) is 0 Å². The smallest absolute Gasteiger partial charge is 0.138 e. The molecule has 0 atom stereocenters. The number of carbonyl (C=O) groups excluding carboxylic acids is 1. The van der Waals surface area contributed by atoms with E-state index >= 15 is 0 Å². The van der Waals surface area contributed by atoms with E-state index in [0.29, 0.717) is 18.1 Å². The molecule has 1 nitrogen and oxygen atoms in total. The molecule has 0 aliphatic heterocycles. The fraction of sp³-hybridized carbons (Fsp3) is 0.500. The summed E-state index contributed by atoms with van der Waals surface area (Å²) in [6.07, 6.45) is 3.94. The summed E-state index contributed by atoms with van der Waals surface area (Å²) in [5.41, 5.74) is 0. The maximum Gasteiger partial charge on any atom is 0.138 e. The van der Waals surface area contributed by atoms with Gasteiger partial charge in [0.15, 0.2) is 0 Å². The van der Waals surface area contributed by atoms with Crippen LogP contribution >= 0.6 is 27.3 Å². The van der Waals surface area contributed by atoms with Gasteiger partial charge < -0.3 is 0 Å². The highest BCUT2D eigenvalue weighted by atomic mass is 79.9. The third kappa shape index (κ3) is 2.64. The van der Waals surface area contributed by atoms with E-state index in [0.717, 1.165) is 10.9 Å². The Morgan fingerprint density at radius 1 is 1.62 bits per heavy atom. The Morgan fingerprint density at radius 3 is 2.92 bits per heavy atom. The molecule has 0 amide bonds. The van der Waals surface area contributed by atoms with Crippen LogP contribution in [0.1, 0.15) is 24.1 Å². The minimum Gasteiger partial charge on any atom is -0.299 e. The second-order valence-electron chi connectivity index (χ2n) is 3.55. The van der Waals surface area contributed by atoms with Crippen molar-refractivity contribution >= 4 is 33.0 Å². The highest BCUT2D eigenvalue weighted by Crippen LogP contribution is 2.33. The first kappa shape index (κ1) is 9.41. The van der Waals surface area contributed by atoms with Crippen LogP contribution in [0.2, 0.25) is 0 Å². The molecule has 1 aliphatic carbocycles. The molecule has 0 aromatic carbocycles. The van der Waals surface area contributed by atoms with Crippen molar-refractivity contribution in [2.45, 2.75) is 25.7 Å². The molecule has 1 fully saturated rings. The van der Waals surface area contributed by atoms with Crippen molar-refractivity contribution in [3.8, 4) is 0 Å². The normalized spacial score (nSPS) is 16.1. The Bertz CT molecular complexity index is 314. The first-order chi connectivity index (χ1) is 6.25. The van der Waals surface area contributed by atoms with Gasteiger partial charge in [-0.3, -0.25) is 4.79 Å². The summed E-state index contributed by atoms with van der Waals surface area (Å²) in [4.78, 5) is 12.7. The van der Waals surface area contributed by atoms with E-state index in [2.05, 4.69) is 15.9 Å². The zero-order chi connectivity index (χ0) is 9.26. The quantitative estimate of drug-likeness (QED) is 0.809. The summed E-state index contributed by atoms with van der Waals surface area (Å²) >= 11 is 5.09. The van der Waals surface area contributed by atoms with Crippen LogP contribution in [0.15, 0.2) is 15.9 Å². The summed E-state index contributed by atoms with van der Waals surface area (Å²) in [6.45, 7) is 0. The molecule has 0 bridgehead atoms. The molecule has 3 heteroatoms. The third-order valence-electron chi connectivity index (χ3n) is 2.26. The number of Topliss-reactive ketones (excluding diaryl/α,β-unsaturated/α-hetero) is 1. The van der Waals surface area contributed by atoms with E-state index in [1.807, 2.05) is 11.4 Å². The van der Waals surface area contributed by atoms with E-state index in [-0.39, 0.29) is 0 Å². The number of hydrogen-bond acceptors (Lipinski definition) is 2. The molecule has 1 aromatic rings. The summed E-state index contributed by atoms with van der Waals surface area (Å²) in [7, 11) is 0. The van der Waals surface area contributed by atoms with Gasteiger partial charge in [0, 0.05) is 22.2 Å². The predicted molar refractivity (Wildman–Crippen MR) is 58.1 cm³/mol. The van der Waals surface area contributed by atoms with Crippen LogP contribution in [0, 0.1) is 5.92 Å². The number of halogens is 1. The number of ketones is 1. The Morgan fingerprint density at radius 2 is 2.38 bits per heavy atom. The van der Waals surface area contributed by atoms with Crippen LogP contribution in [0.4, 0.5) is 0 Å². The second-order valence-corrected chi connectivity index (χ2v) is 5.41. The van der Waals surface area contributed by atoms with E-state index in [1.165, 1.54) is 17.7 Å². The van der Waals surface area contributed by atoms with Crippen molar-refractivity contribution in [2.75, 3.05) is 0 Å². The summed E-state index contributed by atoms with van der Waals surface area (Å²) in [5, 5.41) is 2.02. The SMILES string of the molecule is O=C(Cc1sccc1Br)CC1CC1. The molecule has 1 heterocycles. The zero-order valence-electron chi connectivity index (χ0n) is 7.25. The zero-order valence-corrected chi connectivity index (χ0v) is 9.66. The Balaban J connectivity index is 1.89. The van der Waals surface area contributed by atoms with Crippen molar-refractivity contribution in [1.82, 2.24) is 0 Å². The van der Waals surface area contributed by atoms with Crippen LogP contribution in [0.5, 0.6) is 0 Å². The average molecular weight is 259 g/mol. The van der Waals surface area contributed by atoms with Gasteiger partial charge in [-0.15, -0.1) is 11.3 Å². The van der Waals surface area contributed by atoms with Crippen LogP contribution in [0.25, 0.3) is 0 Å². The van der Waals surface area contributed by atoms with E-state index in [9.17, 15) is 4.79 Å². The summed E-state index contributed by atoms with van der Waals surface area (Å²) < 4.78 is 1.08. The van der Waals surface area contributed by atoms with Gasteiger partial charge in [-0.2, -0.15) is 0 Å². The lowest BCUT2D eigenvalue weighted by atomic mass is 10.1. The predicted octanol–water partition coefficient (Wildman–Crippen LogP) is 3.42. The lowest BCUT2D eigenvalue weighted by molar-refractivity contribution is -0.118. The minimum absolute atomic E-state index is 0.394. The molecule has 1 aliphatic rings. The van der Waals surface area contributed by atoms with Gasteiger partial charge in [0.2, 0.25) is 0 Å². The molecule has 13 heavy (non-hydrogen) atoms. The topological polar surface area (TPSA) is 17.1 Å². The van der Waals surface area contributed by atoms with Crippen molar-refractivity contribution in [3.63, 3.8) is 0 Å². The molecule has 0 N–H and O–H groups in total. The fourth-order valence-electron chi connectivity index (χ4n) is 1.35. The average Bonchev–Trinajstić information content (AvgIpc) is 2.79. The Labute approximate surface area is 90.3 Å². The highest BCUT2D eigenvalue weighted by molar-refractivity contribution is 9.10. The van der Waals surface area contributed by atoms with Crippen LogP contribution in [-0.2, 0) is 11.2 Å². The number of carbonyl (C=O) groups is 1. The maximum atomic E-state index is 11.5. The first-order valence-electron chi connectivity index (χ1n) is 4.49. The standard InChI is InChI=1S/C10H11BrOS/c11-9-3-4-13-10(9)6-8(12)5-7-1-2-7/h3-4,7H,1-2,5-6H2. The van der Waals surface area contributed by atoms with Crippen LogP contribution < -0.4 is 0 Å². The molecule has 1 aromatic heterocycles. The number of thiophene rings is 1. The molecule has 2 rings (SSSR count). The first-order valence-corrected chi connectivity index (χ1v) is 6.16. The second kappa shape index (κ2) is 3.93. The van der Waals surface area contributed by atoms with E-state index < -0.39 is 0 Å². The van der Waals surface area contributed by atoms with Crippen LogP contribution in [-0.4, -0.2) is 5.78 Å². The molecule has 0 radical (unpaired) electrons. The van der Waals surface area contributed by atoms with Gasteiger partial charge in [0.1, 0.15) is 5.78 Å². The van der Waals surface area contributed by atoms with Crippen molar-refractivity contribution in [1.29, 1.82) is 0 Å². The van der Waals surface area contributed by atoms with Gasteiger partial charge in [-0.25, -0.2) is 0 Å². The van der Waals surface area contributed by atoms with Gasteiger partial charge in [0.25, 0.3) is 0 Å². The lowest BCUT2D eigenvalue weighted by Gasteiger charge is -1.97. The molecule has 0 spiro atoms. The fourth-order valence-corrected chi connectivity index (χ4v) is 2.87. The van der Waals surface area contributed by atoms with Gasteiger partial charge in [0.05, 0.1) is 0 Å². The summed E-state index contributed by atoms with van der Waals surface area (Å²) in [5.74, 6) is 1.11. The maximum absolute atomic E-state index is 11.5. The molecule has 70 valence electrons. The van der Waals surface area contributed by atoms with Crippen LogP contribution in [0.3, 0.4) is 0 Å². The largest absolute Gasteiger partial charge is 0.299 e. The molecular weight excluding hydrogens is 248 g/mol. The van der Waals surface area contributed by atoms with Gasteiger partial charge >= 0.3 is 0 Å². The lowest BCUT2D eigenvalue weighted by Crippen LogP contribution is -2.02. The third-order valence-corrected chi connectivity index (χ3v) is 4.19. The molecular formula is C10H11BrOS. The highest BCUT2D eigenvalue weighted by Gasteiger charge is 2.24. The number of hydrogen-bond donors (Lipinski definition) is 0. The molecule has 0 saturated heterocycles. The Kier molecular flexibility index (Phi) is 2.84. The van der Waals surface area contributed by atoms with Crippen molar-refractivity contribution in [2.24, 2.45) is 5.92 Å². The minimum atomic E-state index is 0.394. The Hall–Kier alpha value is -0.150. The number of rotatable bonds is 4. The van der Waals surface area contributed by atoms with E-state index in [1.54, 1.807) is 11.3 Å². The molecule has 1 saturated carbocycles. The van der Waals surface area contributed by atoms with Gasteiger partial charge in [-0.05, 0) is 46.1 Å². The van der Waals surface area contributed by atoms with Crippen molar-refractivity contribution in [3.05, 3.63) is 20.8 Å². The monoisotopic (exact) mass is 258 g/mol. The summed E-state index contributed by atoms with van der Waals surface area (Å²) in [6, 6.07) is 2.00. The van der Waals surface area contributed by atoms with E-state index in [4.69, 9.17) is 0 Å². The molecule has 0 unspecified atom stereocenters. The van der Waals surface area contributed by atoms with Crippen molar-refractivity contribution < 1.29 is 4.79 Å².